The van der Waals surface area contributed by atoms with Crippen molar-refractivity contribution in [2.75, 3.05) is 18.0 Å². The zero-order valence-corrected chi connectivity index (χ0v) is 16.5. The minimum Gasteiger partial charge on any atom is -0.274 e. The summed E-state index contributed by atoms with van der Waals surface area (Å²) in [6.45, 7) is 3.77. The van der Waals surface area contributed by atoms with Gasteiger partial charge in [-0.05, 0) is 48.2 Å². The van der Waals surface area contributed by atoms with Gasteiger partial charge in [-0.1, -0.05) is 42.8 Å². The minimum absolute atomic E-state index is 0.103. The van der Waals surface area contributed by atoms with Gasteiger partial charge in [0.1, 0.15) is 6.04 Å². The number of hydrazine groups is 1. The number of anilines is 1. The van der Waals surface area contributed by atoms with E-state index in [0.29, 0.717) is 10.7 Å². The lowest BCUT2D eigenvalue weighted by Crippen LogP contribution is -2.44. The van der Waals surface area contributed by atoms with E-state index in [1.165, 1.54) is 10.5 Å². The Morgan fingerprint density at radius 3 is 2.18 bits per heavy atom. The molecule has 3 saturated heterocycles. The molecule has 0 N–H and O–H groups in total. The molecule has 6 heteroatoms. The Morgan fingerprint density at radius 2 is 1.54 bits per heavy atom. The summed E-state index contributed by atoms with van der Waals surface area (Å²) in [5.74, 6) is -0.601. The maximum absolute atomic E-state index is 13.5. The molecule has 0 bridgehead atoms. The average Bonchev–Trinajstić information content (AvgIpc) is 3.35. The van der Waals surface area contributed by atoms with Crippen LogP contribution in [0, 0.1) is 5.92 Å². The largest absolute Gasteiger partial charge is 0.274 e. The molecule has 0 spiro atoms. The molecule has 0 saturated carbocycles. The van der Waals surface area contributed by atoms with E-state index < -0.39 is 6.04 Å². The summed E-state index contributed by atoms with van der Waals surface area (Å²) in [7, 11) is 0. The minimum atomic E-state index is -0.415. The molecule has 3 fully saturated rings. The highest BCUT2D eigenvalue weighted by molar-refractivity contribution is 6.30. The fourth-order valence-corrected chi connectivity index (χ4v) is 5.03. The predicted octanol–water partition coefficient (Wildman–Crippen LogP) is 3.44. The number of carbonyl (C=O) groups is 2. The second-order valence-corrected chi connectivity index (χ2v) is 8.12. The van der Waals surface area contributed by atoms with Crippen LogP contribution in [0.3, 0.4) is 0 Å². The number of imide groups is 1. The van der Waals surface area contributed by atoms with Gasteiger partial charge in [0.2, 0.25) is 5.91 Å². The van der Waals surface area contributed by atoms with Gasteiger partial charge in [-0.15, -0.1) is 0 Å². The fourth-order valence-electron chi connectivity index (χ4n) is 4.91. The molecule has 2 aromatic carbocycles. The standard InChI is InChI=1S/C22H22ClN3O2/c1-2-14-4-10-17(11-5-14)26-21(27)18-19(15-6-8-16(23)9-7-15)24-12-3-13-25(24)20(18)22(26)28/h4-11,18-20H,2-3,12-13H2,1H3/t18-,19+,20+/m1/s1. The SMILES string of the molecule is CCc1ccc(N2C(=O)[C@H]3[C@@H](C2=O)N2CCCN2[C@H]3c2ccc(Cl)cc2)cc1. The average molecular weight is 396 g/mol. The molecule has 3 aliphatic rings. The highest BCUT2D eigenvalue weighted by atomic mass is 35.5. The van der Waals surface area contributed by atoms with E-state index in [4.69, 9.17) is 11.6 Å². The predicted molar refractivity (Wildman–Crippen MR) is 108 cm³/mol. The van der Waals surface area contributed by atoms with Crippen LogP contribution in [0.4, 0.5) is 5.69 Å². The first-order chi connectivity index (χ1) is 13.6. The van der Waals surface area contributed by atoms with Crippen molar-refractivity contribution >= 4 is 29.1 Å². The summed E-state index contributed by atoms with van der Waals surface area (Å²) < 4.78 is 0. The third-order valence-corrected chi connectivity index (χ3v) is 6.47. The molecule has 0 aromatic heterocycles. The van der Waals surface area contributed by atoms with Crippen molar-refractivity contribution in [3.63, 3.8) is 0 Å². The van der Waals surface area contributed by atoms with Crippen molar-refractivity contribution in [1.82, 2.24) is 10.0 Å². The Morgan fingerprint density at radius 1 is 0.893 bits per heavy atom. The Balaban J connectivity index is 1.55. The number of aryl methyl sites for hydroxylation is 1. The Bertz CT molecular complexity index is 928. The van der Waals surface area contributed by atoms with Crippen molar-refractivity contribution in [2.45, 2.75) is 31.8 Å². The zero-order valence-electron chi connectivity index (χ0n) is 15.7. The van der Waals surface area contributed by atoms with Crippen LogP contribution in [0.25, 0.3) is 0 Å². The highest BCUT2D eigenvalue weighted by Gasteiger charge is 2.62. The van der Waals surface area contributed by atoms with Crippen LogP contribution in [0.5, 0.6) is 0 Å². The van der Waals surface area contributed by atoms with Gasteiger partial charge in [-0.25, -0.2) is 14.9 Å². The fraction of sp³-hybridized carbons (Fsp3) is 0.364. The van der Waals surface area contributed by atoms with E-state index >= 15 is 0 Å². The summed E-state index contributed by atoms with van der Waals surface area (Å²) in [6, 6.07) is 14.9. The molecule has 0 unspecified atom stereocenters. The monoisotopic (exact) mass is 395 g/mol. The van der Waals surface area contributed by atoms with Crippen LogP contribution >= 0.6 is 11.6 Å². The quantitative estimate of drug-likeness (QED) is 0.747. The molecule has 3 heterocycles. The van der Waals surface area contributed by atoms with Crippen molar-refractivity contribution in [1.29, 1.82) is 0 Å². The van der Waals surface area contributed by atoms with Crippen molar-refractivity contribution in [2.24, 2.45) is 5.92 Å². The van der Waals surface area contributed by atoms with E-state index in [9.17, 15) is 9.59 Å². The number of hydrogen-bond acceptors (Lipinski definition) is 4. The normalized spacial score (nSPS) is 27.5. The van der Waals surface area contributed by atoms with Crippen molar-refractivity contribution in [3.05, 3.63) is 64.7 Å². The first kappa shape index (κ1) is 17.9. The van der Waals surface area contributed by atoms with Gasteiger partial charge >= 0.3 is 0 Å². The van der Waals surface area contributed by atoms with Gasteiger partial charge in [-0.2, -0.15) is 0 Å². The van der Waals surface area contributed by atoms with E-state index in [-0.39, 0.29) is 23.8 Å². The smallest absolute Gasteiger partial charge is 0.253 e. The van der Waals surface area contributed by atoms with Gasteiger partial charge in [-0.3, -0.25) is 9.59 Å². The van der Waals surface area contributed by atoms with Gasteiger partial charge in [0.25, 0.3) is 5.91 Å². The molecule has 144 valence electrons. The Kier molecular flexibility index (Phi) is 4.27. The summed E-state index contributed by atoms with van der Waals surface area (Å²) in [5.41, 5.74) is 2.89. The maximum Gasteiger partial charge on any atom is 0.253 e. The summed E-state index contributed by atoms with van der Waals surface area (Å²) in [5, 5.41) is 5.00. The number of nitrogens with zero attached hydrogens (tertiary/aromatic N) is 3. The van der Waals surface area contributed by atoms with Crippen molar-refractivity contribution in [3.8, 4) is 0 Å². The van der Waals surface area contributed by atoms with Crippen LogP contribution < -0.4 is 4.90 Å². The molecule has 2 aromatic rings. The highest BCUT2D eigenvalue weighted by Crippen LogP contribution is 2.48. The molecule has 3 atom stereocenters. The second kappa shape index (κ2) is 6.69. The number of benzene rings is 2. The topological polar surface area (TPSA) is 43.9 Å². The molecular formula is C22H22ClN3O2. The van der Waals surface area contributed by atoms with E-state index in [2.05, 4.69) is 16.9 Å². The first-order valence-electron chi connectivity index (χ1n) is 9.85. The van der Waals surface area contributed by atoms with Gasteiger partial charge in [0.05, 0.1) is 17.6 Å². The number of fused-ring (bicyclic) bond motifs is 3. The number of hydrogen-bond donors (Lipinski definition) is 0. The van der Waals surface area contributed by atoms with Crippen LogP contribution in [-0.2, 0) is 16.0 Å². The Hall–Kier alpha value is -2.21. The lowest BCUT2D eigenvalue weighted by Gasteiger charge is -2.29. The molecule has 5 rings (SSSR count). The molecule has 0 radical (unpaired) electrons. The van der Waals surface area contributed by atoms with E-state index in [1.54, 1.807) is 0 Å². The third kappa shape index (κ3) is 2.54. The van der Waals surface area contributed by atoms with Crippen LogP contribution in [0.15, 0.2) is 48.5 Å². The zero-order chi connectivity index (χ0) is 19.4. The molecular weight excluding hydrogens is 374 g/mol. The molecule has 5 nitrogen and oxygen atoms in total. The molecule has 3 aliphatic heterocycles. The molecule has 2 amide bonds. The first-order valence-corrected chi connectivity index (χ1v) is 10.2. The summed E-state index contributed by atoms with van der Waals surface area (Å²) >= 11 is 6.07. The van der Waals surface area contributed by atoms with Gasteiger partial charge in [0.15, 0.2) is 0 Å². The summed E-state index contributed by atoms with van der Waals surface area (Å²) in [4.78, 5) is 28.2. The summed E-state index contributed by atoms with van der Waals surface area (Å²) in [6.07, 6.45) is 1.93. The van der Waals surface area contributed by atoms with Crippen LogP contribution in [-0.4, -0.2) is 41.0 Å². The van der Waals surface area contributed by atoms with Gasteiger partial charge < -0.3 is 0 Å². The maximum atomic E-state index is 13.5. The lowest BCUT2D eigenvalue weighted by atomic mass is 9.90. The van der Waals surface area contributed by atoms with Crippen LogP contribution in [0.1, 0.15) is 30.5 Å². The van der Waals surface area contributed by atoms with Crippen LogP contribution in [0.2, 0.25) is 5.02 Å². The number of rotatable bonds is 3. The number of halogens is 1. The van der Waals surface area contributed by atoms with E-state index in [1.807, 2.05) is 48.5 Å². The molecule has 28 heavy (non-hydrogen) atoms. The van der Waals surface area contributed by atoms with Gasteiger partial charge in [0, 0.05) is 18.1 Å². The van der Waals surface area contributed by atoms with Crippen molar-refractivity contribution < 1.29 is 9.59 Å². The number of carbonyl (C=O) groups excluding carboxylic acids is 2. The van der Waals surface area contributed by atoms with E-state index in [0.717, 1.165) is 31.5 Å². The Labute approximate surface area is 169 Å². The second-order valence-electron chi connectivity index (χ2n) is 7.68. The lowest BCUT2D eigenvalue weighted by molar-refractivity contribution is -0.126. The molecule has 0 aliphatic carbocycles. The number of amides is 2. The third-order valence-electron chi connectivity index (χ3n) is 6.22.